The zero-order valence-electron chi connectivity index (χ0n) is 10.5. The predicted molar refractivity (Wildman–Crippen MR) is 72.5 cm³/mol. The zero-order chi connectivity index (χ0) is 15.3. The van der Waals surface area contributed by atoms with E-state index in [2.05, 4.69) is 5.32 Å². The molecule has 0 aromatic heterocycles. The normalized spacial score (nSPS) is 12.6. The molecular weight excluding hydrogens is 293 g/mol. The Morgan fingerprint density at radius 1 is 1.40 bits per heavy atom. The maximum Gasteiger partial charge on any atom is 0.403 e. The van der Waals surface area contributed by atoms with Gasteiger partial charge in [0.2, 0.25) is 0 Å². The van der Waals surface area contributed by atoms with Crippen LogP contribution in [0.15, 0.2) is 30.3 Å². The summed E-state index contributed by atoms with van der Waals surface area (Å²) >= 11 is 4.94. The number of carboxylic acid groups (broad SMARTS) is 1. The number of carbonyl (C=O) groups is 1. The molecule has 0 spiro atoms. The van der Waals surface area contributed by atoms with Crippen molar-refractivity contribution in [3.8, 4) is 0 Å². The van der Waals surface area contributed by atoms with Crippen molar-refractivity contribution in [3.63, 3.8) is 0 Å². The van der Waals surface area contributed by atoms with Gasteiger partial charge in [0.05, 0.1) is 0 Å². The summed E-state index contributed by atoms with van der Waals surface area (Å²) < 4.78 is 37.7. The Morgan fingerprint density at radius 3 is 2.40 bits per heavy atom. The van der Waals surface area contributed by atoms with Crippen molar-refractivity contribution in [1.29, 1.82) is 0 Å². The Kier molecular flexibility index (Phi) is 5.32. The molecule has 1 aromatic rings. The summed E-state index contributed by atoms with van der Waals surface area (Å²) in [6, 6.07) is 8.64. The molecule has 0 aliphatic carbocycles. The summed E-state index contributed by atoms with van der Waals surface area (Å²) in [7, 11) is 1.31. The number of hydrogen-bond acceptors (Lipinski definition) is 2. The van der Waals surface area contributed by atoms with Gasteiger partial charge in [-0.25, -0.2) is 0 Å². The minimum absolute atomic E-state index is 0.0201. The molecule has 0 radical (unpaired) electrons. The van der Waals surface area contributed by atoms with Gasteiger partial charge in [-0.1, -0.05) is 18.2 Å². The van der Waals surface area contributed by atoms with Crippen molar-refractivity contribution < 1.29 is 23.1 Å². The molecule has 110 valence electrons. The number of halogens is 3. The quantitative estimate of drug-likeness (QED) is 0.837. The van der Waals surface area contributed by atoms with E-state index in [9.17, 15) is 18.0 Å². The molecule has 0 saturated heterocycles. The van der Waals surface area contributed by atoms with Gasteiger partial charge in [-0.3, -0.25) is 4.79 Å². The van der Waals surface area contributed by atoms with Crippen molar-refractivity contribution >= 4 is 29.0 Å². The van der Waals surface area contributed by atoms with Gasteiger partial charge in [0.1, 0.15) is 0 Å². The van der Waals surface area contributed by atoms with E-state index in [4.69, 9.17) is 17.3 Å². The van der Waals surface area contributed by atoms with Crippen LogP contribution in [0.25, 0.3) is 0 Å². The van der Waals surface area contributed by atoms with E-state index in [1.165, 1.54) is 7.05 Å². The van der Waals surface area contributed by atoms with Crippen LogP contribution < -0.4 is 5.32 Å². The van der Waals surface area contributed by atoms with Crippen LogP contribution in [-0.2, 0) is 4.79 Å². The van der Waals surface area contributed by atoms with Crippen molar-refractivity contribution in [2.45, 2.75) is 6.18 Å². The highest BCUT2D eigenvalue weighted by Crippen LogP contribution is 2.27. The van der Waals surface area contributed by atoms with E-state index < -0.39 is 24.6 Å². The Hall–Kier alpha value is -1.83. The molecule has 0 aliphatic rings. The van der Waals surface area contributed by atoms with Crippen LogP contribution in [0.3, 0.4) is 0 Å². The minimum atomic E-state index is -4.82. The average molecular weight is 306 g/mol. The van der Waals surface area contributed by atoms with Gasteiger partial charge < -0.3 is 15.3 Å². The number of hydrogen-bond donors (Lipinski definition) is 2. The summed E-state index contributed by atoms with van der Waals surface area (Å²) in [6.45, 7) is -0.752. The highest BCUT2D eigenvalue weighted by atomic mass is 32.1. The lowest BCUT2D eigenvalue weighted by Crippen LogP contribution is -2.43. The standard InChI is InChI=1S/C12H13F3N2O2S/c1-17(7-9(10(18)19)12(13,14)15)11(20)16-8-5-3-2-4-6-8/h2-6,9H,7H2,1H3,(H,16,20)(H,18,19). The number of thiocarbonyl (C=S) groups is 1. The summed E-state index contributed by atoms with van der Waals surface area (Å²) in [6.07, 6.45) is -4.82. The van der Waals surface area contributed by atoms with E-state index in [1.54, 1.807) is 30.3 Å². The number of nitrogens with one attached hydrogen (secondary N) is 1. The fourth-order valence-corrected chi connectivity index (χ4v) is 1.61. The lowest BCUT2D eigenvalue weighted by atomic mass is 10.1. The summed E-state index contributed by atoms with van der Waals surface area (Å²) in [5.41, 5.74) is 0.614. The van der Waals surface area contributed by atoms with Crippen LogP contribution >= 0.6 is 12.2 Å². The number of aliphatic carboxylic acids is 1. The van der Waals surface area contributed by atoms with Gasteiger partial charge in [-0.15, -0.1) is 0 Å². The fourth-order valence-electron chi connectivity index (χ4n) is 1.42. The molecule has 0 heterocycles. The van der Waals surface area contributed by atoms with Crippen LogP contribution in [0.5, 0.6) is 0 Å². The van der Waals surface area contributed by atoms with E-state index in [-0.39, 0.29) is 5.11 Å². The number of rotatable bonds is 4. The van der Waals surface area contributed by atoms with Gasteiger partial charge >= 0.3 is 12.1 Å². The monoisotopic (exact) mass is 306 g/mol. The number of benzene rings is 1. The lowest BCUT2D eigenvalue weighted by molar-refractivity contribution is -0.194. The predicted octanol–water partition coefficient (Wildman–Crippen LogP) is 2.58. The molecule has 0 fully saturated rings. The van der Waals surface area contributed by atoms with E-state index in [0.717, 1.165) is 4.90 Å². The van der Waals surface area contributed by atoms with Crippen molar-refractivity contribution in [2.24, 2.45) is 5.92 Å². The van der Waals surface area contributed by atoms with E-state index in [1.807, 2.05) is 0 Å². The average Bonchev–Trinajstić information content (AvgIpc) is 2.34. The van der Waals surface area contributed by atoms with Crippen molar-refractivity contribution in [2.75, 3.05) is 18.9 Å². The van der Waals surface area contributed by atoms with Crippen LogP contribution in [0, 0.1) is 5.92 Å². The molecule has 1 aromatic carbocycles. The maximum absolute atomic E-state index is 12.6. The second kappa shape index (κ2) is 6.56. The summed E-state index contributed by atoms with van der Waals surface area (Å²) in [4.78, 5) is 11.7. The Morgan fingerprint density at radius 2 is 1.95 bits per heavy atom. The Balaban J connectivity index is 2.67. The maximum atomic E-state index is 12.6. The Labute approximate surface area is 119 Å². The lowest BCUT2D eigenvalue weighted by Gasteiger charge is -2.25. The highest BCUT2D eigenvalue weighted by molar-refractivity contribution is 7.80. The minimum Gasteiger partial charge on any atom is -0.481 e. The number of para-hydroxylation sites is 1. The number of carboxylic acids is 1. The Bertz CT molecular complexity index is 479. The largest absolute Gasteiger partial charge is 0.481 e. The third-order valence-corrected chi connectivity index (χ3v) is 2.94. The molecular formula is C12H13F3N2O2S. The number of anilines is 1. The van der Waals surface area contributed by atoms with Gasteiger partial charge in [0.15, 0.2) is 11.0 Å². The molecule has 0 saturated carbocycles. The number of alkyl halides is 3. The molecule has 20 heavy (non-hydrogen) atoms. The third kappa shape index (κ3) is 4.69. The molecule has 2 N–H and O–H groups in total. The second-order valence-electron chi connectivity index (χ2n) is 4.11. The van der Waals surface area contributed by atoms with Crippen molar-refractivity contribution in [1.82, 2.24) is 4.90 Å². The molecule has 0 amide bonds. The van der Waals surface area contributed by atoms with Gasteiger partial charge in [-0.2, -0.15) is 13.2 Å². The van der Waals surface area contributed by atoms with Gasteiger partial charge in [0, 0.05) is 19.3 Å². The molecule has 0 bridgehead atoms. The van der Waals surface area contributed by atoms with Crippen molar-refractivity contribution in [3.05, 3.63) is 30.3 Å². The van der Waals surface area contributed by atoms with Crippen LogP contribution in [0.2, 0.25) is 0 Å². The van der Waals surface area contributed by atoms with Crippen LogP contribution in [0.1, 0.15) is 0 Å². The first-order valence-electron chi connectivity index (χ1n) is 5.58. The summed E-state index contributed by atoms with van der Waals surface area (Å²) in [5, 5.41) is 11.4. The zero-order valence-corrected chi connectivity index (χ0v) is 11.3. The third-order valence-electron chi connectivity index (χ3n) is 2.52. The molecule has 1 unspecified atom stereocenters. The van der Waals surface area contributed by atoms with Crippen LogP contribution in [-0.4, -0.2) is 40.9 Å². The molecule has 0 aliphatic heterocycles. The van der Waals surface area contributed by atoms with E-state index in [0.29, 0.717) is 5.69 Å². The molecule has 1 rings (SSSR count). The fraction of sp³-hybridized carbons (Fsp3) is 0.333. The topological polar surface area (TPSA) is 52.6 Å². The summed E-state index contributed by atoms with van der Waals surface area (Å²) in [5.74, 6) is -4.41. The smallest absolute Gasteiger partial charge is 0.403 e. The second-order valence-corrected chi connectivity index (χ2v) is 4.50. The van der Waals surface area contributed by atoms with E-state index >= 15 is 0 Å². The first kappa shape index (κ1) is 16.2. The molecule has 1 atom stereocenters. The molecule has 8 heteroatoms. The first-order valence-corrected chi connectivity index (χ1v) is 5.99. The van der Waals surface area contributed by atoms with Gasteiger partial charge in [-0.05, 0) is 24.4 Å². The highest BCUT2D eigenvalue weighted by Gasteiger charge is 2.45. The SMILES string of the molecule is CN(CC(C(=O)O)C(F)(F)F)C(=S)Nc1ccccc1. The first-order chi connectivity index (χ1) is 9.21. The molecule has 4 nitrogen and oxygen atoms in total. The number of nitrogens with zero attached hydrogens (tertiary/aromatic N) is 1. The van der Waals surface area contributed by atoms with Crippen LogP contribution in [0.4, 0.5) is 18.9 Å². The van der Waals surface area contributed by atoms with Gasteiger partial charge in [0.25, 0.3) is 0 Å².